The van der Waals surface area contributed by atoms with E-state index in [9.17, 15) is 24.3 Å². The van der Waals surface area contributed by atoms with E-state index in [4.69, 9.17) is 10.6 Å². The number of carbonyl (C=O) groups is 4. The van der Waals surface area contributed by atoms with E-state index in [-0.39, 0.29) is 40.4 Å². The van der Waals surface area contributed by atoms with Gasteiger partial charge in [-0.3, -0.25) is 19.3 Å². The third-order valence-corrected chi connectivity index (χ3v) is 9.01. The lowest BCUT2D eigenvalue weighted by molar-refractivity contribution is -0.689. The summed E-state index contributed by atoms with van der Waals surface area (Å²) < 4.78 is 1.70. The van der Waals surface area contributed by atoms with Crippen LogP contribution in [-0.4, -0.2) is 70.1 Å². The van der Waals surface area contributed by atoms with Crippen LogP contribution in [-0.2, 0) is 25.8 Å². The number of amides is 3. The Hall–Kier alpha value is -3.98. The second-order valence-electron chi connectivity index (χ2n) is 10.1. The van der Waals surface area contributed by atoms with Crippen molar-refractivity contribution in [2.24, 2.45) is 5.16 Å². The first-order chi connectivity index (χ1) is 20.7. The maximum Gasteiger partial charge on any atom is 0.276 e. The van der Waals surface area contributed by atoms with Gasteiger partial charge in [0.1, 0.15) is 29.8 Å². The molecule has 1 fully saturated rings. The zero-order valence-electron chi connectivity index (χ0n) is 24.0. The van der Waals surface area contributed by atoms with E-state index in [0.717, 1.165) is 35.5 Å². The molecule has 4 heterocycles. The number of thiazole rings is 1. The van der Waals surface area contributed by atoms with Crippen molar-refractivity contribution < 1.29 is 33.7 Å². The molecule has 4 rings (SSSR count). The number of β-lactam (4-membered cyclic amide) rings is 1. The summed E-state index contributed by atoms with van der Waals surface area (Å²) in [4.78, 5) is 60.9. The lowest BCUT2D eigenvalue weighted by Gasteiger charge is -2.50. The molecule has 43 heavy (non-hydrogen) atoms. The van der Waals surface area contributed by atoms with Gasteiger partial charge in [0.05, 0.1) is 11.7 Å². The average molecular weight is 630 g/mol. The number of hydrogen-bond donors (Lipinski definition) is 3. The molecule has 0 aliphatic carbocycles. The van der Waals surface area contributed by atoms with Crippen LogP contribution in [0.15, 0.2) is 46.3 Å². The zero-order chi connectivity index (χ0) is 30.9. The molecule has 0 saturated carbocycles. The number of nitrogen functional groups attached to an aromatic ring is 1. The molecule has 0 bridgehead atoms. The van der Waals surface area contributed by atoms with Gasteiger partial charge in [0, 0.05) is 29.3 Å². The highest BCUT2D eigenvalue weighted by atomic mass is 32.2. The number of thioether (sulfide) groups is 1. The van der Waals surface area contributed by atoms with E-state index in [0.29, 0.717) is 17.7 Å². The summed E-state index contributed by atoms with van der Waals surface area (Å²) in [6.45, 7) is 2.90. The van der Waals surface area contributed by atoms with E-state index in [1.54, 1.807) is 29.1 Å². The van der Waals surface area contributed by atoms with E-state index in [1.807, 2.05) is 0 Å². The number of anilines is 1. The lowest BCUT2D eigenvalue weighted by Crippen LogP contribution is -2.71. The second kappa shape index (κ2) is 15.0. The third kappa shape index (κ3) is 7.70. The number of unbranched alkanes of at least 4 members (excludes halogenated alkanes) is 5. The summed E-state index contributed by atoms with van der Waals surface area (Å²) in [7, 11) is 1.27. The summed E-state index contributed by atoms with van der Waals surface area (Å²) in [5.41, 5.74) is 6.36. The van der Waals surface area contributed by atoms with Crippen molar-refractivity contribution >= 4 is 57.6 Å². The summed E-state index contributed by atoms with van der Waals surface area (Å²) in [5, 5.41) is 22.6. The normalized spacial score (nSPS) is 18.1. The van der Waals surface area contributed by atoms with E-state index >= 15 is 0 Å². The van der Waals surface area contributed by atoms with Crippen molar-refractivity contribution in [3.05, 3.63) is 52.4 Å². The first-order valence-electron chi connectivity index (χ1n) is 14.0. The molecule has 4 N–H and O–H groups in total. The fraction of sp³-hybridized carbons (Fsp3) is 0.464. The Morgan fingerprint density at radius 3 is 2.72 bits per heavy atom. The topological polar surface area (TPSA) is 183 Å². The third-order valence-electron chi connectivity index (χ3n) is 7.00. The quantitative estimate of drug-likeness (QED) is 0.0833. The molecule has 0 aromatic carbocycles. The smallest absolute Gasteiger partial charge is 0.276 e. The van der Waals surface area contributed by atoms with Crippen LogP contribution < -0.4 is 26.0 Å². The number of pyridine rings is 1. The molecule has 2 aliphatic heterocycles. The van der Waals surface area contributed by atoms with Gasteiger partial charge in [0.15, 0.2) is 29.8 Å². The largest absolute Gasteiger partial charge is 0.543 e. The van der Waals surface area contributed by atoms with Crippen LogP contribution in [0.5, 0.6) is 0 Å². The maximum atomic E-state index is 13.1. The minimum atomic E-state index is -1.49. The number of rotatable bonds is 15. The molecular formula is C28H35N7O6S2. The minimum Gasteiger partial charge on any atom is -0.543 e. The van der Waals surface area contributed by atoms with Gasteiger partial charge in [-0.1, -0.05) is 44.2 Å². The number of carboxylic acids is 1. The van der Waals surface area contributed by atoms with Crippen molar-refractivity contribution in [1.29, 1.82) is 0 Å². The van der Waals surface area contributed by atoms with Crippen molar-refractivity contribution in [2.45, 2.75) is 63.4 Å². The van der Waals surface area contributed by atoms with Crippen molar-refractivity contribution in [3.8, 4) is 0 Å². The van der Waals surface area contributed by atoms with Crippen LogP contribution in [0.25, 0.3) is 0 Å². The van der Waals surface area contributed by atoms with Gasteiger partial charge in [0.2, 0.25) is 0 Å². The number of nitrogens with zero attached hydrogens (tertiary/aromatic N) is 4. The number of carboxylic acid groups (broad SMARTS) is 1. The Kier molecular flexibility index (Phi) is 11.1. The molecule has 2 aromatic heterocycles. The maximum absolute atomic E-state index is 13.1. The Morgan fingerprint density at radius 2 is 2.02 bits per heavy atom. The average Bonchev–Trinajstić information content (AvgIpc) is 3.43. The Balaban J connectivity index is 1.40. The molecule has 1 saturated heterocycles. The molecule has 0 unspecified atom stereocenters. The summed E-state index contributed by atoms with van der Waals surface area (Å²) in [6, 6.07) is 2.42. The number of nitrogens with one attached hydrogen (secondary N) is 2. The van der Waals surface area contributed by atoms with Crippen LogP contribution in [0.2, 0.25) is 0 Å². The van der Waals surface area contributed by atoms with Gasteiger partial charge >= 0.3 is 0 Å². The van der Waals surface area contributed by atoms with E-state index in [2.05, 4.69) is 27.7 Å². The fourth-order valence-electron chi connectivity index (χ4n) is 4.88. The summed E-state index contributed by atoms with van der Waals surface area (Å²) >= 11 is 2.43. The molecule has 0 spiro atoms. The standard InChI is InChI=1S/C28H35N7O6S2/c1-3-4-5-6-7-8-11-30-23(36)17-10-9-12-34(13-17)14-18-15-42-26-21(25(38)35(26)22(18)27(39)40)32-24(37)20(33-41-2)19-16-43-28(29)31-19/h9-10,12-13,16,21,26H,3-8,11,14-15H2,1-2H3,(H4-,29,30,31,32,36,37,39,40)/b33-20-/t21-,26-/m1/s1. The van der Waals surface area contributed by atoms with Crippen LogP contribution >= 0.6 is 23.1 Å². The Morgan fingerprint density at radius 1 is 1.26 bits per heavy atom. The summed E-state index contributed by atoms with van der Waals surface area (Å²) in [5.74, 6) is -2.73. The fourth-order valence-corrected chi connectivity index (χ4v) is 6.76. The first kappa shape index (κ1) is 31.9. The number of nitrogens with two attached hydrogens (primary N) is 1. The van der Waals surface area contributed by atoms with Crippen molar-refractivity contribution in [3.63, 3.8) is 0 Å². The molecule has 2 atom stereocenters. The number of oxime groups is 1. The van der Waals surface area contributed by atoms with Gasteiger partial charge in [0.25, 0.3) is 17.7 Å². The SMILES string of the molecule is CCCCCCCCNC(=O)c1ccc[n+](CC2=C(C(=O)[O-])N3C(=O)[C@@H](NC(=O)/C(=N\OC)c4csc(N)n4)[C@H]3SC2)c1. The van der Waals surface area contributed by atoms with Gasteiger partial charge in [-0.25, -0.2) is 9.55 Å². The van der Waals surface area contributed by atoms with Gasteiger partial charge in [-0.05, 0) is 12.5 Å². The second-order valence-corrected chi connectivity index (χ2v) is 12.1. The van der Waals surface area contributed by atoms with Gasteiger partial charge in [-0.15, -0.1) is 23.1 Å². The number of aliphatic carboxylic acids is 1. The van der Waals surface area contributed by atoms with Crippen molar-refractivity contribution in [2.75, 3.05) is 25.1 Å². The molecule has 2 aliphatic rings. The van der Waals surface area contributed by atoms with Crippen LogP contribution in [0.4, 0.5) is 5.13 Å². The van der Waals surface area contributed by atoms with Gasteiger partial charge < -0.3 is 31.1 Å². The molecule has 230 valence electrons. The van der Waals surface area contributed by atoms with E-state index in [1.165, 1.54) is 43.5 Å². The number of hydrogen-bond acceptors (Lipinski definition) is 11. The van der Waals surface area contributed by atoms with Crippen molar-refractivity contribution in [1.82, 2.24) is 20.5 Å². The predicted octanol–water partition coefficient (Wildman–Crippen LogP) is 0.558. The molecule has 13 nitrogen and oxygen atoms in total. The monoisotopic (exact) mass is 629 g/mol. The molecular weight excluding hydrogens is 594 g/mol. The highest BCUT2D eigenvalue weighted by Crippen LogP contribution is 2.40. The minimum absolute atomic E-state index is 0.137. The molecule has 2 aromatic rings. The number of aromatic nitrogens is 2. The number of fused-ring (bicyclic) bond motifs is 1. The molecule has 3 amide bonds. The Bertz CT molecular complexity index is 1430. The lowest BCUT2D eigenvalue weighted by atomic mass is 10.0. The molecule has 15 heteroatoms. The number of carbonyl (C=O) groups excluding carboxylic acids is 4. The zero-order valence-corrected chi connectivity index (χ0v) is 25.7. The van der Waals surface area contributed by atoms with Gasteiger partial charge in [-0.2, -0.15) is 0 Å². The Labute approximate surface area is 257 Å². The summed E-state index contributed by atoms with van der Waals surface area (Å²) in [6.07, 6.45) is 10.1. The van der Waals surface area contributed by atoms with Crippen LogP contribution in [0.1, 0.15) is 61.5 Å². The predicted molar refractivity (Wildman–Crippen MR) is 159 cm³/mol. The van der Waals surface area contributed by atoms with Crippen LogP contribution in [0, 0.1) is 0 Å². The van der Waals surface area contributed by atoms with Crippen LogP contribution in [0.3, 0.4) is 0 Å². The first-order valence-corrected chi connectivity index (χ1v) is 16.0. The highest BCUT2D eigenvalue weighted by molar-refractivity contribution is 8.00. The van der Waals surface area contributed by atoms with E-state index < -0.39 is 29.2 Å². The highest BCUT2D eigenvalue weighted by Gasteiger charge is 2.53. The molecule has 0 radical (unpaired) electrons.